The number of amidine groups is 2. The van der Waals surface area contributed by atoms with Crippen LogP contribution in [0.1, 0.15) is 23.0 Å². The van der Waals surface area contributed by atoms with E-state index in [4.69, 9.17) is 15.0 Å². The Kier molecular flexibility index (Phi) is 6.45. The fourth-order valence-corrected chi connectivity index (χ4v) is 7.36. The van der Waals surface area contributed by atoms with Crippen molar-refractivity contribution in [3.63, 3.8) is 0 Å². The van der Waals surface area contributed by atoms with Gasteiger partial charge in [0.2, 0.25) is 0 Å². The lowest BCUT2D eigenvalue weighted by molar-refractivity contribution is 0.724. The van der Waals surface area contributed by atoms with Crippen molar-refractivity contribution >= 4 is 55.3 Å². The molecule has 0 atom stereocenters. The van der Waals surface area contributed by atoms with E-state index in [1.807, 2.05) is 42.5 Å². The van der Waals surface area contributed by atoms with Crippen LogP contribution in [-0.2, 0) is 0 Å². The summed E-state index contributed by atoms with van der Waals surface area (Å²) in [7, 11) is 0. The van der Waals surface area contributed by atoms with E-state index in [0.29, 0.717) is 0 Å². The SMILES string of the molecule is c1ccc(C2=NC(c3cccc(-n4c5ccccc5c5ccc6c7ccccc7n(-c7ccccc7)c6c54)n3)N=C(c3ccccc3)N2)cc1. The Hall–Kier alpha value is -6.79. The van der Waals surface area contributed by atoms with Crippen LogP contribution in [0, 0.1) is 0 Å². The Bertz CT molecular complexity index is 2720. The van der Waals surface area contributed by atoms with E-state index in [0.717, 1.165) is 56.5 Å². The third-order valence-corrected chi connectivity index (χ3v) is 9.57. The number of nitrogens with one attached hydrogen (secondary N) is 1. The summed E-state index contributed by atoms with van der Waals surface area (Å²) in [4.78, 5) is 15.6. The van der Waals surface area contributed by atoms with Gasteiger partial charge in [-0.05, 0) is 36.4 Å². The predicted molar refractivity (Wildman–Crippen MR) is 205 cm³/mol. The molecule has 0 amide bonds. The number of benzene rings is 6. The van der Waals surface area contributed by atoms with E-state index in [2.05, 4.69) is 142 Å². The molecule has 0 aliphatic carbocycles. The van der Waals surface area contributed by atoms with Crippen LogP contribution in [0.25, 0.3) is 55.1 Å². The van der Waals surface area contributed by atoms with Gasteiger partial charge in [-0.1, -0.05) is 133 Å². The van der Waals surface area contributed by atoms with Crippen molar-refractivity contribution in [1.29, 1.82) is 0 Å². The van der Waals surface area contributed by atoms with Crippen molar-refractivity contribution in [3.8, 4) is 11.5 Å². The molecule has 6 nitrogen and oxygen atoms in total. The molecule has 0 bridgehead atoms. The number of pyridine rings is 1. The monoisotopic (exact) mass is 642 g/mol. The Morgan fingerprint density at radius 2 is 0.920 bits per heavy atom. The third kappa shape index (κ3) is 4.46. The molecule has 10 rings (SSSR count). The van der Waals surface area contributed by atoms with Gasteiger partial charge in [-0.2, -0.15) is 0 Å². The minimum atomic E-state index is -0.537. The molecule has 1 aliphatic rings. The lowest BCUT2D eigenvalue weighted by Crippen LogP contribution is -2.36. The molecule has 50 heavy (non-hydrogen) atoms. The van der Waals surface area contributed by atoms with Crippen LogP contribution in [-0.4, -0.2) is 25.8 Å². The predicted octanol–water partition coefficient (Wildman–Crippen LogP) is 9.77. The van der Waals surface area contributed by atoms with Crippen molar-refractivity contribution in [2.24, 2.45) is 9.98 Å². The number of hydrogen-bond acceptors (Lipinski definition) is 4. The molecule has 0 fully saturated rings. The molecule has 0 saturated heterocycles. The quantitative estimate of drug-likeness (QED) is 0.203. The highest BCUT2D eigenvalue weighted by molar-refractivity contribution is 6.23. The molecule has 1 N–H and O–H groups in total. The minimum absolute atomic E-state index is 0.537. The summed E-state index contributed by atoms with van der Waals surface area (Å²) in [6.07, 6.45) is -0.537. The second-order valence-corrected chi connectivity index (χ2v) is 12.5. The molecule has 3 aromatic heterocycles. The van der Waals surface area contributed by atoms with Crippen LogP contribution in [0.3, 0.4) is 0 Å². The molecule has 0 radical (unpaired) electrons. The van der Waals surface area contributed by atoms with E-state index in [1.165, 1.54) is 27.1 Å². The van der Waals surface area contributed by atoms with Crippen LogP contribution in [0.2, 0.25) is 0 Å². The fraction of sp³-hybridized carbons (Fsp3) is 0.0227. The molecular formula is C44H30N6. The summed E-state index contributed by atoms with van der Waals surface area (Å²) in [6.45, 7) is 0. The van der Waals surface area contributed by atoms with Crippen molar-refractivity contribution in [1.82, 2.24) is 19.4 Å². The normalized spacial score (nSPS) is 13.5. The van der Waals surface area contributed by atoms with E-state index in [1.54, 1.807) is 0 Å². The second kappa shape index (κ2) is 11.4. The Labute approximate surface area is 288 Å². The zero-order chi connectivity index (χ0) is 33.0. The summed E-state index contributed by atoms with van der Waals surface area (Å²) < 4.78 is 4.71. The van der Waals surface area contributed by atoms with E-state index < -0.39 is 6.17 Å². The molecule has 1 aliphatic heterocycles. The average molecular weight is 643 g/mol. The number of hydrogen-bond donors (Lipinski definition) is 1. The van der Waals surface area contributed by atoms with Crippen molar-refractivity contribution < 1.29 is 0 Å². The first kappa shape index (κ1) is 28.2. The summed E-state index contributed by atoms with van der Waals surface area (Å²) in [5.74, 6) is 2.35. The van der Waals surface area contributed by atoms with E-state index >= 15 is 0 Å². The van der Waals surface area contributed by atoms with Crippen LogP contribution in [0.15, 0.2) is 180 Å². The van der Waals surface area contributed by atoms with Gasteiger partial charge in [0.15, 0.2) is 6.17 Å². The topological polar surface area (TPSA) is 59.5 Å². The molecular weight excluding hydrogens is 613 g/mol. The highest BCUT2D eigenvalue weighted by Gasteiger charge is 2.24. The minimum Gasteiger partial charge on any atom is -0.324 e. The molecule has 6 aromatic carbocycles. The lowest BCUT2D eigenvalue weighted by Gasteiger charge is -2.22. The van der Waals surface area contributed by atoms with Gasteiger partial charge in [0.25, 0.3) is 0 Å². The molecule has 0 spiro atoms. The molecule has 0 unspecified atom stereocenters. The van der Waals surface area contributed by atoms with Gasteiger partial charge in [0, 0.05) is 38.4 Å². The Balaban J connectivity index is 1.24. The molecule has 0 saturated carbocycles. The van der Waals surface area contributed by atoms with Crippen molar-refractivity contribution in [2.75, 3.05) is 0 Å². The summed E-state index contributed by atoms with van der Waals surface area (Å²) >= 11 is 0. The first-order valence-electron chi connectivity index (χ1n) is 16.8. The van der Waals surface area contributed by atoms with E-state index in [9.17, 15) is 0 Å². The maximum atomic E-state index is 5.37. The van der Waals surface area contributed by atoms with Gasteiger partial charge in [-0.15, -0.1) is 0 Å². The van der Waals surface area contributed by atoms with Crippen molar-refractivity contribution in [3.05, 3.63) is 187 Å². The van der Waals surface area contributed by atoms with Crippen LogP contribution >= 0.6 is 0 Å². The summed E-state index contributed by atoms with van der Waals surface area (Å²) in [5, 5.41) is 8.26. The zero-order valence-electron chi connectivity index (χ0n) is 27.0. The number of para-hydroxylation sites is 3. The van der Waals surface area contributed by atoms with Gasteiger partial charge in [0.1, 0.15) is 17.5 Å². The molecule has 4 heterocycles. The maximum Gasteiger partial charge on any atom is 0.186 e. The largest absolute Gasteiger partial charge is 0.324 e. The van der Waals surface area contributed by atoms with Crippen LogP contribution in [0.5, 0.6) is 0 Å². The van der Waals surface area contributed by atoms with Gasteiger partial charge in [-0.3, -0.25) is 4.57 Å². The number of aliphatic imine (C=N–C) groups is 2. The third-order valence-electron chi connectivity index (χ3n) is 9.57. The first-order chi connectivity index (χ1) is 24.8. The number of nitrogens with zero attached hydrogens (tertiary/aromatic N) is 5. The zero-order valence-corrected chi connectivity index (χ0v) is 27.0. The van der Waals surface area contributed by atoms with Gasteiger partial charge in [0.05, 0.1) is 27.8 Å². The average Bonchev–Trinajstić information content (AvgIpc) is 3.72. The highest BCUT2D eigenvalue weighted by Crippen LogP contribution is 2.41. The Morgan fingerprint density at radius 1 is 0.420 bits per heavy atom. The van der Waals surface area contributed by atoms with Gasteiger partial charge in [-0.25, -0.2) is 15.0 Å². The van der Waals surface area contributed by atoms with Gasteiger partial charge >= 0.3 is 0 Å². The number of aromatic nitrogens is 3. The highest BCUT2D eigenvalue weighted by atomic mass is 15.2. The number of rotatable bonds is 5. The van der Waals surface area contributed by atoms with Crippen LogP contribution < -0.4 is 5.32 Å². The standard InChI is InChI=1S/C44H30N6/c1-4-15-29(16-5-1)42-46-43(30-17-6-2-7-18-30)48-44(47-42)36-23-14-26-39(45-36)50-38-25-13-11-22-33(38)35-28-27-34-32-21-10-12-24-37(32)49(40(34)41(35)50)31-19-8-3-9-20-31/h1-28,44H,(H,46,47,48). The van der Waals surface area contributed by atoms with Crippen LogP contribution in [0.4, 0.5) is 0 Å². The smallest absolute Gasteiger partial charge is 0.186 e. The molecule has 6 heteroatoms. The maximum absolute atomic E-state index is 5.37. The first-order valence-corrected chi connectivity index (χ1v) is 16.8. The Morgan fingerprint density at radius 3 is 1.52 bits per heavy atom. The second-order valence-electron chi connectivity index (χ2n) is 12.5. The number of fused-ring (bicyclic) bond motifs is 7. The molecule has 9 aromatic rings. The summed E-state index contributed by atoms with van der Waals surface area (Å²) in [5.41, 5.74) is 8.40. The lowest BCUT2D eigenvalue weighted by atomic mass is 10.1. The van der Waals surface area contributed by atoms with E-state index in [-0.39, 0.29) is 0 Å². The van der Waals surface area contributed by atoms with Gasteiger partial charge < -0.3 is 9.88 Å². The summed E-state index contributed by atoms with van der Waals surface area (Å²) in [6, 6.07) is 59.0. The fourth-order valence-electron chi connectivity index (χ4n) is 7.36. The van der Waals surface area contributed by atoms with Crippen molar-refractivity contribution in [2.45, 2.75) is 6.17 Å². The molecule has 236 valence electrons.